The number of halogens is 1. The standard InChI is InChI=1S/C19H22O6.C18H20O5.C15H10O5.C12H10O5.C11H7BrO4/c1-8(2)9(3)25-14-7-10(20)6-11-15(14)19(24)17-13(22)5-4-12(21)16(17)18(11)23;1-18(2,3)23-13-8-9(19)7-11-15(13)17(22)14-10(16(11)21)5-4-6-12(14)20;1-20-10-4-2-3-7-11(10)15(19)13-9(17)6-5-8(16)12(13)14(7)18;1-5(13)6-4-9(16)10-7(14)2-3-8(15)11(10)12(6)17;12-4-5-3-8(15)9-6(13)1-2-7(14)10(9)11(5)16/h4-5,8-9,11,14-15,21-22H,6-7H2,1-3H3;4-6,11,13,15,20H,7-8H2,1-3H3;2-6,16-17H,1H3;2-5,13-15H,1H3;1-3,13-14H,4H2. The van der Waals surface area contributed by atoms with Gasteiger partial charge in [-0.3, -0.25) is 57.5 Å². The van der Waals surface area contributed by atoms with Crippen LogP contribution in [0.4, 0.5) is 0 Å². The Kier molecular flexibility index (Phi) is 21.5. The largest absolute Gasteiger partial charge is 0.507 e. The first-order valence-corrected chi connectivity index (χ1v) is 32.7. The molecule has 26 heteroatoms. The summed E-state index contributed by atoms with van der Waals surface area (Å²) in [6.45, 7) is 12.7. The summed E-state index contributed by atoms with van der Waals surface area (Å²) >= 11 is 3.09. The van der Waals surface area contributed by atoms with Crippen LogP contribution in [-0.2, 0) is 19.1 Å². The first-order chi connectivity index (χ1) is 47.5. The van der Waals surface area contributed by atoms with Crippen molar-refractivity contribution in [1.29, 1.82) is 0 Å². The predicted molar refractivity (Wildman–Crippen MR) is 360 cm³/mol. The van der Waals surface area contributed by atoms with E-state index < -0.39 is 93.9 Å². The SMILES string of the molecule is CC(C)(C)OC1CC(=O)CC2C(=O)c3cccc(O)c3C(=O)C12.CC(C)C(C)OC1CC(=O)CC2C(=O)c3c(O)ccc(O)c3C(=O)C12.CC(O)C1=CC(=O)c2c(O)ccc(O)c2C1=O.COc1cccc2c1C(=O)c1c(O)ccc(O)c1C2=O.O=C1C=C(CBr)C(=O)c2c(O)ccc(O)c21. The Balaban J connectivity index is 0.000000148. The van der Waals surface area contributed by atoms with E-state index in [0.717, 1.165) is 18.2 Å². The quantitative estimate of drug-likeness (QED) is 0.0524. The highest BCUT2D eigenvalue weighted by Crippen LogP contribution is 2.48. The summed E-state index contributed by atoms with van der Waals surface area (Å²) < 4.78 is 17.0. The molecule has 0 aromatic heterocycles. The van der Waals surface area contributed by atoms with Crippen LogP contribution in [0.5, 0.6) is 57.5 Å². The van der Waals surface area contributed by atoms with Crippen LogP contribution in [0.15, 0.2) is 108 Å². The number of aromatic hydroxyl groups is 9. The Labute approximate surface area is 584 Å². The van der Waals surface area contributed by atoms with Gasteiger partial charge in [-0.05, 0) is 113 Å². The number of aliphatic hydroxyl groups is 1. The number of benzene rings is 6. The molecule has 0 bridgehead atoms. The van der Waals surface area contributed by atoms with Crippen molar-refractivity contribution in [3.05, 3.63) is 175 Å². The molecule has 101 heavy (non-hydrogen) atoms. The van der Waals surface area contributed by atoms with Crippen LogP contribution in [0.3, 0.4) is 0 Å². The Hall–Kier alpha value is -10.8. The fraction of sp³-hybridized carbons (Fsp3) is 0.307. The first-order valence-electron chi connectivity index (χ1n) is 31.6. The lowest BCUT2D eigenvalue weighted by atomic mass is 9.65. The number of hydrogen-bond acceptors (Lipinski definition) is 25. The van der Waals surface area contributed by atoms with Crippen LogP contribution in [0.25, 0.3) is 0 Å². The molecule has 6 aromatic carbocycles. The molecule has 0 radical (unpaired) electrons. The molecule has 0 aliphatic heterocycles. The van der Waals surface area contributed by atoms with E-state index in [2.05, 4.69) is 15.9 Å². The predicted octanol–water partition coefficient (Wildman–Crippen LogP) is 9.52. The van der Waals surface area contributed by atoms with Crippen molar-refractivity contribution in [1.82, 2.24) is 0 Å². The number of allylic oxidation sites excluding steroid dienone is 3. The number of ether oxygens (including phenoxy) is 3. The molecular weight excluding hydrogens is 1380 g/mol. The zero-order valence-electron chi connectivity index (χ0n) is 55.4. The number of hydrogen-bond donors (Lipinski definition) is 10. The average Bonchev–Trinajstić information content (AvgIpc) is 0.757. The lowest BCUT2D eigenvalue weighted by Crippen LogP contribution is -2.50. The van der Waals surface area contributed by atoms with Gasteiger partial charge < -0.3 is 65.3 Å². The van der Waals surface area contributed by atoms with E-state index in [1.165, 1.54) is 80.8 Å². The summed E-state index contributed by atoms with van der Waals surface area (Å²) in [5, 5.41) is 97.5. The number of alkyl halides is 1. The van der Waals surface area contributed by atoms with E-state index in [1.54, 1.807) is 12.1 Å². The maximum atomic E-state index is 13.0. The lowest BCUT2D eigenvalue weighted by molar-refractivity contribution is -0.137. The van der Waals surface area contributed by atoms with E-state index in [9.17, 15) is 109 Å². The summed E-state index contributed by atoms with van der Waals surface area (Å²) in [6, 6.07) is 18.5. The summed E-state index contributed by atoms with van der Waals surface area (Å²) in [4.78, 5) is 148. The Morgan fingerprint density at radius 2 is 0.842 bits per heavy atom. The second-order valence-electron chi connectivity index (χ2n) is 26.1. The first kappa shape index (κ1) is 74.4. The topological polar surface area (TPSA) is 435 Å². The normalized spacial score (nSPS) is 20.7. The van der Waals surface area contributed by atoms with Crippen LogP contribution in [-0.4, -0.2) is 163 Å². The summed E-state index contributed by atoms with van der Waals surface area (Å²) in [5.74, 6) is -10.4. The number of carbonyl (C=O) groups excluding carboxylic acids is 12. The highest BCUT2D eigenvalue weighted by atomic mass is 79.9. The van der Waals surface area contributed by atoms with Gasteiger partial charge in [-0.2, -0.15) is 0 Å². The van der Waals surface area contributed by atoms with E-state index in [1.807, 2.05) is 41.5 Å². The second-order valence-corrected chi connectivity index (χ2v) is 26.7. The molecule has 2 saturated carbocycles. The number of phenolic OH excluding ortho intramolecular Hbond substituents is 9. The molecule has 7 aliphatic rings. The number of methoxy groups -OCH3 is 1. The van der Waals surface area contributed by atoms with Crippen molar-refractivity contribution in [2.45, 2.75) is 104 Å². The molecule has 13 rings (SSSR count). The van der Waals surface area contributed by atoms with Crippen LogP contribution in [0.2, 0.25) is 0 Å². The Bertz CT molecular complexity index is 4640. The third kappa shape index (κ3) is 14.2. The fourth-order valence-corrected chi connectivity index (χ4v) is 13.5. The third-order valence-corrected chi connectivity index (χ3v) is 18.7. The van der Waals surface area contributed by atoms with Gasteiger partial charge in [-0.1, -0.05) is 54.0 Å². The molecule has 526 valence electrons. The van der Waals surface area contributed by atoms with Crippen molar-refractivity contribution in [2.75, 3.05) is 12.4 Å². The van der Waals surface area contributed by atoms with Gasteiger partial charge in [0.15, 0.2) is 52.0 Å². The molecular formula is C75H69BrO25. The Morgan fingerprint density at radius 3 is 1.34 bits per heavy atom. The number of Topliss-reactive ketones (excluding diaryl/α,β-unsaturated/α-hetero) is 8. The van der Waals surface area contributed by atoms with Gasteiger partial charge in [0.05, 0.1) is 105 Å². The minimum Gasteiger partial charge on any atom is -0.507 e. The zero-order valence-corrected chi connectivity index (χ0v) is 57.0. The maximum absolute atomic E-state index is 13.0. The Morgan fingerprint density at radius 1 is 0.436 bits per heavy atom. The summed E-state index contributed by atoms with van der Waals surface area (Å²) in [5.41, 5.74) is -1.26. The molecule has 10 N–H and O–H groups in total. The highest BCUT2D eigenvalue weighted by Gasteiger charge is 2.54. The lowest BCUT2D eigenvalue weighted by Gasteiger charge is -2.41. The summed E-state index contributed by atoms with van der Waals surface area (Å²) in [6.07, 6.45) is -0.256. The molecule has 0 heterocycles. The molecule has 6 aromatic rings. The van der Waals surface area contributed by atoms with Gasteiger partial charge in [-0.15, -0.1) is 0 Å². The van der Waals surface area contributed by atoms with Gasteiger partial charge >= 0.3 is 0 Å². The van der Waals surface area contributed by atoms with Gasteiger partial charge in [0.1, 0.15) is 69.1 Å². The average molecular weight is 1450 g/mol. The monoisotopic (exact) mass is 1450 g/mol. The van der Waals surface area contributed by atoms with Crippen LogP contribution in [0.1, 0.15) is 189 Å². The maximum Gasteiger partial charge on any atom is 0.202 e. The number of fused-ring (bicyclic) bond motifs is 8. The van der Waals surface area contributed by atoms with Gasteiger partial charge in [-0.25, -0.2) is 0 Å². The van der Waals surface area contributed by atoms with Crippen molar-refractivity contribution < 1.29 is 123 Å². The molecule has 8 atom stereocenters. The number of carbonyl (C=O) groups is 12. The van der Waals surface area contributed by atoms with Crippen LogP contribution >= 0.6 is 15.9 Å². The molecule has 0 saturated heterocycles. The van der Waals surface area contributed by atoms with E-state index in [4.69, 9.17) is 14.2 Å². The molecule has 7 aliphatic carbocycles. The molecule has 25 nitrogen and oxygen atoms in total. The minimum absolute atomic E-state index is 0.0420. The highest BCUT2D eigenvalue weighted by molar-refractivity contribution is 9.09. The molecule has 0 amide bonds. The van der Waals surface area contributed by atoms with Gasteiger partial charge in [0.25, 0.3) is 0 Å². The van der Waals surface area contributed by atoms with Gasteiger partial charge in [0, 0.05) is 65.1 Å². The van der Waals surface area contributed by atoms with E-state index in [-0.39, 0.29) is 202 Å². The second kappa shape index (κ2) is 29.2. The zero-order chi connectivity index (χ0) is 74.5. The van der Waals surface area contributed by atoms with Crippen LogP contribution < -0.4 is 4.74 Å². The van der Waals surface area contributed by atoms with Crippen molar-refractivity contribution in [2.24, 2.45) is 29.6 Å². The van der Waals surface area contributed by atoms with Crippen molar-refractivity contribution in [3.8, 4) is 57.5 Å². The number of phenols is 9. The molecule has 0 spiro atoms. The third-order valence-electron chi connectivity index (χ3n) is 18.1. The fourth-order valence-electron chi connectivity index (χ4n) is 13.1. The smallest absolute Gasteiger partial charge is 0.202 e. The summed E-state index contributed by atoms with van der Waals surface area (Å²) in [7, 11) is 1.39. The number of aliphatic hydroxyl groups excluding tert-OH is 1. The van der Waals surface area contributed by atoms with Gasteiger partial charge in [0.2, 0.25) is 5.78 Å². The van der Waals surface area contributed by atoms with Crippen molar-refractivity contribution in [3.63, 3.8) is 0 Å². The number of ketones is 12. The van der Waals surface area contributed by atoms with Crippen LogP contribution in [0, 0.1) is 29.6 Å². The molecule has 2 fully saturated rings. The molecule has 8 unspecified atom stereocenters. The van der Waals surface area contributed by atoms with E-state index >= 15 is 0 Å². The number of rotatable bonds is 7. The van der Waals surface area contributed by atoms with E-state index in [0.29, 0.717) is 0 Å². The van der Waals surface area contributed by atoms with Crippen molar-refractivity contribution >= 4 is 85.3 Å². The minimum atomic E-state index is -1.11.